The molecule has 0 saturated carbocycles. The van der Waals surface area contributed by atoms with Crippen molar-refractivity contribution in [1.29, 1.82) is 0 Å². The summed E-state index contributed by atoms with van der Waals surface area (Å²) in [5, 5.41) is 13.2. The number of benzene rings is 1. The number of pyridine rings is 1. The van der Waals surface area contributed by atoms with Gasteiger partial charge in [0.05, 0.1) is 0 Å². The van der Waals surface area contributed by atoms with Crippen LogP contribution in [0.15, 0.2) is 42.7 Å². The number of fused-ring (bicyclic) bond motifs is 1. The van der Waals surface area contributed by atoms with Crippen LogP contribution in [-0.4, -0.2) is 26.3 Å². The maximum absolute atomic E-state index is 12.0. The van der Waals surface area contributed by atoms with Crippen LogP contribution in [0, 0.1) is 0 Å². The standard InChI is InChI=1S/C12H9N5O/c18-12(14-9-3-5-13-6-4-9)8-1-2-10-11(7-8)16-17-15-10/h1-7H,(H,13,14,18)(H,15,16,17). The summed E-state index contributed by atoms with van der Waals surface area (Å²) in [6.07, 6.45) is 3.24. The van der Waals surface area contributed by atoms with E-state index in [-0.39, 0.29) is 5.91 Å². The molecule has 0 radical (unpaired) electrons. The molecule has 2 aromatic heterocycles. The zero-order valence-electron chi connectivity index (χ0n) is 9.29. The first-order valence-electron chi connectivity index (χ1n) is 5.35. The van der Waals surface area contributed by atoms with Crippen molar-refractivity contribution < 1.29 is 4.79 Å². The Morgan fingerprint density at radius 1 is 1.06 bits per heavy atom. The van der Waals surface area contributed by atoms with E-state index in [1.54, 1.807) is 42.7 Å². The predicted octanol–water partition coefficient (Wildman–Crippen LogP) is 1.61. The Bertz CT molecular complexity index is 692. The van der Waals surface area contributed by atoms with Gasteiger partial charge in [-0.15, -0.1) is 0 Å². The zero-order valence-corrected chi connectivity index (χ0v) is 9.29. The fourth-order valence-corrected chi connectivity index (χ4v) is 1.62. The van der Waals surface area contributed by atoms with Crippen molar-refractivity contribution in [2.24, 2.45) is 0 Å². The summed E-state index contributed by atoms with van der Waals surface area (Å²) in [5.74, 6) is -0.189. The van der Waals surface area contributed by atoms with Crippen molar-refractivity contribution in [3.05, 3.63) is 48.3 Å². The smallest absolute Gasteiger partial charge is 0.255 e. The summed E-state index contributed by atoms with van der Waals surface area (Å²) >= 11 is 0. The topological polar surface area (TPSA) is 83.6 Å². The van der Waals surface area contributed by atoms with Crippen molar-refractivity contribution in [2.75, 3.05) is 5.32 Å². The van der Waals surface area contributed by atoms with Crippen molar-refractivity contribution in [3.8, 4) is 0 Å². The van der Waals surface area contributed by atoms with E-state index in [0.717, 1.165) is 5.52 Å². The molecule has 6 heteroatoms. The zero-order chi connectivity index (χ0) is 12.4. The number of carbonyl (C=O) groups is 1. The van der Waals surface area contributed by atoms with E-state index in [1.165, 1.54) is 0 Å². The first-order chi connectivity index (χ1) is 8.83. The number of carbonyl (C=O) groups excluding carboxylic acids is 1. The van der Waals surface area contributed by atoms with E-state index in [9.17, 15) is 4.79 Å². The van der Waals surface area contributed by atoms with Gasteiger partial charge in [0.15, 0.2) is 0 Å². The van der Waals surface area contributed by atoms with Gasteiger partial charge in [0.25, 0.3) is 5.91 Å². The van der Waals surface area contributed by atoms with Crippen molar-refractivity contribution in [1.82, 2.24) is 20.4 Å². The lowest BCUT2D eigenvalue weighted by Crippen LogP contribution is -2.11. The highest BCUT2D eigenvalue weighted by Gasteiger charge is 2.08. The summed E-state index contributed by atoms with van der Waals surface area (Å²) < 4.78 is 0. The van der Waals surface area contributed by atoms with Crippen LogP contribution in [0.2, 0.25) is 0 Å². The van der Waals surface area contributed by atoms with Crippen LogP contribution in [0.1, 0.15) is 10.4 Å². The third-order valence-electron chi connectivity index (χ3n) is 2.52. The van der Waals surface area contributed by atoms with Gasteiger partial charge in [-0.1, -0.05) is 0 Å². The molecule has 3 aromatic rings. The maximum Gasteiger partial charge on any atom is 0.255 e. The summed E-state index contributed by atoms with van der Waals surface area (Å²) in [6, 6.07) is 8.61. The van der Waals surface area contributed by atoms with E-state index in [2.05, 4.69) is 25.7 Å². The van der Waals surface area contributed by atoms with Gasteiger partial charge in [-0.2, -0.15) is 15.4 Å². The van der Waals surface area contributed by atoms with Gasteiger partial charge in [-0.3, -0.25) is 9.78 Å². The molecule has 0 spiro atoms. The Morgan fingerprint density at radius 3 is 2.67 bits per heavy atom. The lowest BCUT2D eigenvalue weighted by molar-refractivity contribution is 0.102. The molecule has 0 aliphatic carbocycles. The number of amides is 1. The fraction of sp³-hybridized carbons (Fsp3) is 0. The summed E-state index contributed by atoms with van der Waals surface area (Å²) in [6.45, 7) is 0. The first kappa shape index (κ1) is 10.4. The van der Waals surface area contributed by atoms with Crippen LogP contribution in [0.3, 0.4) is 0 Å². The second kappa shape index (κ2) is 4.25. The van der Waals surface area contributed by atoms with Gasteiger partial charge < -0.3 is 5.32 Å². The van der Waals surface area contributed by atoms with Crippen LogP contribution in [-0.2, 0) is 0 Å². The SMILES string of the molecule is O=C(Nc1ccncc1)c1ccc2n[nH]nc2c1. The van der Waals surface area contributed by atoms with Gasteiger partial charge >= 0.3 is 0 Å². The monoisotopic (exact) mass is 239 g/mol. The molecule has 2 heterocycles. The number of aromatic amines is 1. The van der Waals surface area contributed by atoms with Crippen molar-refractivity contribution >= 4 is 22.6 Å². The molecule has 18 heavy (non-hydrogen) atoms. The lowest BCUT2D eigenvalue weighted by Gasteiger charge is -2.04. The molecule has 0 saturated heterocycles. The van der Waals surface area contributed by atoms with Crippen LogP contribution >= 0.6 is 0 Å². The highest BCUT2D eigenvalue weighted by Crippen LogP contribution is 2.12. The Morgan fingerprint density at radius 2 is 1.83 bits per heavy atom. The first-order valence-corrected chi connectivity index (χ1v) is 5.35. The minimum Gasteiger partial charge on any atom is -0.322 e. The number of aromatic nitrogens is 4. The number of nitrogens with zero attached hydrogens (tertiary/aromatic N) is 3. The quantitative estimate of drug-likeness (QED) is 0.711. The van der Waals surface area contributed by atoms with Crippen molar-refractivity contribution in [3.63, 3.8) is 0 Å². The number of hydrogen-bond donors (Lipinski definition) is 2. The molecule has 0 bridgehead atoms. The molecule has 3 rings (SSSR count). The Hall–Kier alpha value is -2.76. The molecule has 0 unspecified atom stereocenters. The van der Waals surface area contributed by atoms with E-state index in [0.29, 0.717) is 16.8 Å². The molecule has 0 aliphatic rings. The summed E-state index contributed by atoms with van der Waals surface area (Å²) in [5.41, 5.74) is 2.64. The average molecular weight is 239 g/mol. The molecular formula is C12H9N5O. The second-order valence-electron chi connectivity index (χ2n) is 3.72. The van der Waals surface area contributed by atoms with Crippen LogP contribution in [0.5, 0.6) is 0 Å². The number of nitrogens with one attached hydrogen (secondary N) is 2. The number of hydrogen-bond acceptors (Lipinski definition) is 4. The van der Waals surface area contributed by atoms with E-state index < -0.39 is 0 Å². The Labute approximate surface area is 102 Å². The van der Waals surface area contributed by atoms with Gasteiger partial charge in [-0.25, -0.2) is 0 Å². The normalized spacial score (nSPS) is 10.4. The van der Waals surface area contributed by atoms with Gasteiger partial charge in [0, 0.05) is 23.6 Å². The predicted molar refractivity (Wildman–Crippen MR) is 66.1 cm³/mol. The minimum absolute atomic E-state index is 0.189. The van der Waals surface area contributed by atoms with E-state index in [1.807, 2.05) is 0 Å². The van der Waals surface area contributed by atoms with Crippen molar-refractivity contribution in [2.45, 2.75) is 0 Å². The summed E-state index contributed by atoms with van der Waals surface area (Å²) in [4.78, 5) is 15.9. The maximum atomic E-state index is 12.0. The molecule has 2 N–H and O–H groups in total. The molecule has 6 nitrogen and oxygen atoms in total. The van der Waals surface area contributed by atoms with Gasteiger partial charge in [0.1, 0.15) is 11.0 Å². The lowest BCUT2D eigenvalue weighted by atomic mass is 10.2. The molecule has 0 atom stereocenters. The van der Waals surface area contributed by atoms with Crippen LogP contribution in [0.4, 0.5) is 5.69 Å². The highest BCUT2D eigenvalue weighted by molar-refractivity contribution is 6.05. The fourth-order valence-electron chi connectivity index (χ4n) is 1.62. The number of rotatable bonds is 2. The van der Waals surface area contributed by atoms with Crippen LogP contribution in [0.25, 0.3) is 11.0 Å². The molecule has 1 amide bonds. The Kier molecular flexibility index (Phi) is 2.45. The highest BCUT2D eigenvalue weighted by atomic mass is 16.1. The van der Waals surface area contributed by atoms with Gasteiger partial charge in [-0.05, 0) is 30.3 Å². The number of H-pyrrole nitrogens is 1. The summed E-state index contributed by atoms with van der Waals surface area (Å²) in [7, 11) is 0. The number of anilines is 1. The molecule has 0 fully saturated rings. The molecule has 1 aromatic carbocycles. The Balaban J connectivity index is 1.87. The molecule has 0 aliphatic heterocycles. The van der Waals surface area contributed by atoms with E-state index >= 15 is 0 Å². The van der Waals surface area contributed by atoms with Crippen LogP contribution < -0.4 is 5.32 Å². The minimum atomic E-state index is -0.189. The van der Waals surface area contributed by atoms with E-state index in [4.69, 9.17) is 0 Å². The molecule has 88 valence electrons. The second-order valence-corrected chi connectivity index (χ2v) is 3.72. The third kappa shape index (κ3) is 1.91. The third-order valence-corrected chi connectivity index (χ3v) is 2.52. The average Bonchev–Trinajstić information content (AvgIpc) is 2.87. The van der Waals surface area contributed by atoms with Gasteiger partial charge in [0.2, 0.25) is 0 Å². The largest absolute Gasteiger partial charge is 0.322 e. The molecular weight excluding hydrogens is 230 g/mol.